The highest BCUT2D eigenvalue weighted by Crippen LogP contribution is 2.35. The Kier molecular flexibility index (Phi) is 3.64. The van der Waals surface area contributed by atoms with Crippen LogP contribution in [0.5, 0.6) is 0 Å². The summed E-state index contributed by atoms with van der Waals surface area (Å²) in [6, 6.07) is 3.79. The number of hydrogen-bond donors (Lipinski definition) is 1. The number of amides is 1. The molecule has 1 aliphatic heterocycles. The van der Waals surface area contributed by atoms with Crippen molar-refractivity contribution in [1.29, 1.82) is 0 Å². The second kappa shape index (κ2) is 4.86. The molecule has 1 heterocycles. The van der Waals surface area contributed by atoms with Crippen molar-refractivity contribution in [2.75, 3.05) is 23.1 Å². The van der Waals surface area contributed by atoms with E-state index in [1.54, 1.807) is 4.90 Å². The van der Waals surface area contributed by atoms with Gasteiger partial charge in [-0.2, -0.15) is 0 Å². The highest BCUT2D eigenvalue weighted by atomic mass is 79.9. The molecule has 3 nitrogen and oxygen atoms in total. The standard InChI is InChI=1S/C12H14BrClN2O/c1-7-2-9(13)4-10(15)12(7)16-6-8(5-14)3-11(16)17/h2,4,8H,3,5-6,15H2,1H3. The summed E-state index contributed by atoms with van der Waals surface area (Å²) in [6.07, 6.45) is 0.512. The zero-order valence-electron chi connectivity index (χ0n) is 9.54. The van der Waals surface area contributed by atoms with Crippen molar-refractivity contribution in [1.82, 2.24) is 0 Å². The largest absolute Gasteiger partial charge is 0.397 e. The Balaban J connectivity index is 2.38. The van der Waals surface area contributed by atoms with Gasteiger partial charge in [-0.1, -0.05) is 15.9 Å². The molecule has 17 heavy (non-hydrogen) atoms. The van der Waals surface area contributed by atoms with Crippen molar-refractivity contribution in [3.8, 4) is 0 Å². The Morgan fingerprint density at radius 1 is 1.59 bits per heavy atom. The minimum Gasteiger partial charge on any atom is -0.397 e. The average Bonchev–Trinajstić information content (AvgIpc) is 2.59. The maximum Gasteiger partial charge on any atom is 0.227 e. The maximum absolute atomic E-state index is 11.9. The van der Waals surface area contributed by atoms with E-state index in [1.807, 2.05) is 19.1 Å². The quantitative estimate of drug-likeness (QED) is 0.673. The fourth-order valence-electron chi connectivity index (χ4n) is 2.23. The number of nitrogens with zero attached hydrogens (tertiary/aromatic N) is 1. The minimum atomic E-state index is 0.104. The predicted octanol–water partition coefficient (Wildman–Crippen LogP) is 2.93. The van der Waals surface area contributed by atoms with Gasteiger partial charge in [0.05, 0.1) is 11.4 Å². The van der Waals surface area contributed by atoms with Crippen LogP contribution >= 0.6 is 27.5 Å². The Hall–Kier alpha value is -0.740. The molecule has 1 unspecified atom stereocenters. The van der Waals surface area contributed by atoms with Gasteiger partial charge < -0.3 is 10.6 Å². The molecule has 0 saturated carbocycles. The van der Waals surface area contributed by atoms with Gasteiger partial charge in [-0.3, -0.25) is 4.79 Å². The van der Waals surface area contributed by atoms with Crippen molar-refractivity contribution in [3.05, 3.63) is 22.2 Å². The molecule has 0 spiro atoms. The summed E-state index contributed by atoms with van der Waals surface area (Å²) in [5.41, 5.74) is 8.44. The van der Waals surface area contributed by atoms with Crippen LogP contribution < -0.4 is 10.6 Å². The molecule has 1 aromatic rings. The number of halogens is 2. The molecular formula is C12H14BrClN2O. The lowest BCUT2D eigenvalue weighted by Crippen LogP contribution is -2.26. The molecule has 0 aliphatic carbocycles. The van der Waals surface area contributed by atoms with Crippen molar-refractivity contribution in [2.45, 2.75) is 13.3 Å². The number of anilines is 2. The molecule has 2 N–H and O–H groups in total. The summed E-state index contributed by atoms with van der Waals surface area (Å²) < 4.78 is 0.928. The molecule has 1 aromatic carbocycles. The van der Waals surface area contributed by atoms with E-state index in [0.29, 0.717) is 24.5 Å². The number of carbonyl (C=O) groups excluding carboxylic acids is 1. The molecule has 0 radical (unpaired) electrons. The van der Waals surface area contributed by atoms with Crippen molar-refractivity contribution in [3.63, 3.8) is 0 Å². The molecule has 1 atom stereocenters. The van der Waals surface area contributed by atoms with E-state index in [1.165, 1.54) is 0 Å². The summed E-state index contributed by atoms with van der Waals surface area (Å²) in [7, 11) is 0. The van der Waals surface area contributed by atoms with Crippen molar-refractivity contribution < 1.29 is 4.79 Å². The number of benzene rings is 1. The maximum atomic E-state index is 11.9. The van der Waals surface area contributed by atoms with Gasteiger partial charge in [0.25, 0.3) is 0 Å². The van der Waals surface area contributed by atoms with E-state index >= 15 is 0 Å². The normalized spacial score (nSPS) is 20.1. The van der Waals surface area contributed by atoms with Crippen LogP contribution in [0.25, 0.3) is 0 Å². The van der Waals surface area contributed by atoms with E-state index in [2.05, 4.69) is 15.9 Å². The molecule has 1 fully saturated rings. The summed E-state index contributed by atoms with van der Waals surface area (Å²) in [6.45, 7) is 2.62. The van der Waals surface area contributed by atoms with Gasteiger partial charge in [0, 0.05) is 23.3 Å². The van der Waals surface area contributed by atoms with Gasteiger partial charge in [-0.25, -0.2) is 0 Å². The van der Waals surface area contributed by atoms with Crippen LogP contribution in [-0.2, 0) is 4.79 Å². The smallest absolute Gasteiger partial charge is 0.227 e. The molecule has 92 valence electrons. The van der Waals surface area contributed by atoms with Crippen LogP contribution in [0.2, 0.25) is 0 Å². The first-order chi connectivity index (χ1) is 8.02. The fourth-order valence-corrected chi connectivity index (χ4v) is 3.03. The number of carbonyl (C=O) groups is 1. The molecule has 1 aliphatic rings. The Labute approximate surface area is 114 Å². The number of alkyl halides is 1. The molecular weight excluding hydrogens is 304 g/mol. The number of rotatable bonds is 2. The van der Waals surface area contributed by atoms with Crippen LogP contribution in [0.15, 0.2) is 16.6 Å². The molecule has 2 rings (SSSR count). The van der Waals surface area contributed by atoms with E-state index < -0.39 is 0 Å². The third-order valence-electron chi connectivity index (χ3n) is 2.99. The summed E-state index contributed by atoms with van der Waals surface area (Å²) in [5, 5.41) is 0. The Bertz CT molecular complexity index is 441. The van der Waals surface area contributed by atoms with Crippen LogP contribution in [0, 0.1) is 12.8 Å². The average molecular weight is 318 g/mol. The zero-order valence-corrected chi connectivity index (χ0v) is 11.9. The lowest BCUT2D eigenvalue weighted by atomic mass is 10.1. The highest BCUT2D eigenvalue weighted by molar-refractivity contribution is 9.10. The summed E-state index contributed by atoms with van der Waals surface area (Å²) >= 11 is 9.20. The van der Waals surface area contributed by atoms with E-state index in [0.717, 1.165) is 15.7 Å². The molecule has 1 amide bonds. The van der Waals surface area contributed by atoms with Gasteiger partial charge in [0.2, 0.25) is 5.91 Å². The predicted molar refractivity (Wildman–Crippen MR) is 74.5 cm³/mol. The molecule has 0 bridgehead atoms. The second-order valence-electron chi connectivity index (χ2n) is 4.39. The number of hydrogen-bond acceptors (Lipinski definition) is 2. The first-order valence-electron chi connectivity index (χ1n) is 5.45. The lowest BCUT2D eigenvalue weighted by Gasteiger charge is -2.21. The summed E-state index contributed by atoms with van der Waals surface area (Å²) in [4.78, 5) is 13.7. The third kappa shape index (κ3) is 2.43. The van der Waals surface area contributed by atoms with Crippen molar-refractivity contribution >= 4 is 44.8 Å². The minimum absolute atomic E-state index is 0.104. The number of nitrogens with two attached hydrogens (primary N) is 1. The fraction of sp³-hybridized carbons (Fsp3) is 0.417. The molecule has 5 heteroatoms. The second-order valence-corrected chi connectivity index (χ2v) is 5.61. The molecule has 1 saturated heterocycles. The van der Waals surface area contributed by atoms with Crippen molar-refractivity contribution in [2.24, 2.45) is 5.92 Å². The zero-order chi connectivity index (χ0) is 12.6. The number of aryl methyl sites for hydroxylation is 1. The van der Waals surface area contributed by atoms with Gasteiger partial charge in [-0.15, -0.1) is 11.6 Å². The van der Waals surface area contributed by atoms with Gasteiger partial charge in [0.15, 0.2) is 0 Å². The first kappa shape index (κ1) is 12.7. The highest BCUT2D eigenvalue weighted by Gasteiger charge is 2.31. The van der Waals surface area contributed by atoms with Crippen LogP contribution in [0.3, 0.4) is 0 Å². The van der Waals surface area contributed by atoms with Gasteiger partial charge in [-0.05, 0) is 30.5 Å². The van der Waals surface area contributed by atoms with E-state index in [9.17, 15) is 4.79 Å². The SMILES string of the molecule is Cc1cc(Br)cc(N)c1N1CC(CCl)CC1=O. The molecule has 0 aromatic heterocycles. The lowest BCUT2D eigenvalue weighted by molar-refractivity contribution is -0.117. The Morgan fingerprint density at radius 3 is 2.82 bits per heavy atom. The van der Waals surface area contributed by atoms with Crippen LogP contribution in [0.1, 0.15) is 12.0 Å². The summed E-state index contributed by atoms with van der Waals surface area (Å²) in [5.74, 6) is 0.844. The van der Waals surface area contributed by atoms with Gasteiger partial charge in [0.1, 0.15) is 0 Å². The Morgan fingerprint density at radius 2 is 2.29 bits per heavy atom. The van der Waals surface area contributed by atoms with Crippen LogP contribution in [-0.4, -0.2) is 18.3 Å². The number of nitrogen functional groups attached to an aromatic ring is 1. The van der Waals surface area contributed by atoms with E-state index in [-0.39, 0.29) is 11.8 Å². The van der Waals surface area contributed by atoms with E-state index in [4.69, 9.17) is 17.3 Å². The topological polar surface area (TPSA) is 46.3 Å². The first-order valence-corrected chi connectivity index (χ1v) is 6.77. The van der Waals surface area contributed by atoms with Gasteiger partial charge >= 0.3 is 0 Å². The van der Waals surface area contributed by atoms with Crippen LogP contribution in [0.4, 0.5) is 11.4 Å². The third-order valence-corrected chi connectivity index (χ3v) is 3.88. The monoisotopic (exact) mass is 316 g/mol.